The molecule has 1 saturated carbocycles. The van der Waals surface area contributed by atoms with Crippen LogP contribution in [-0.4, -0.2) is 21.0 Å². The van der Waals surface area contributed by atoms with Crippen molar-refractivity contribution in [1.29, 1.82) is 0 Å². The Hall–Kier alpha value is -1.57. The first-order valence-electron chi connectivity index (χ1n) is 9.48. The number of rotatable bonds is 4. The number of aliphatic hydroxyl groups is 1. The summed E-state index contributed by atoms with van der Waals surface area (Å²) in [5.74, 6) is 0.616. The first-order valence-corrected chi connectivity index (χ1v) is 10.1. The molecule has 0 saturated heterocycles. The lowest BCUT2D eigenvalue weighted by Crippen LogP contribution is -2.34. The SMILES string of the molecule is Cc1ccc(C2CCCC(P)(C(=O)c3ccccn3)CCC2)c(CO)c1. The Labute approximate surface area is 158 Å². The van der Waals surface area contributed by atoms with Crippen LogP contribution < -0.4 is 0 Å². The third-order valence-corrected chi connectivity index (χ3v) is 6.45. The number of aryl methyl sites for hydroxylation is 1. The maximum Gasteiger partial charge on any atom is 0.191 e. The second kappa shape index (κ2) is 8.41. The van der Waals surface area contributed by atoms with Crippen LogP contribution in [0.2, 0.25) is 0 Å². The molecular weight excluding hydrogens is 341 g/mol. The molecule has 0 amide bonds. The maximum atomic E-state index is 13.0. The van der Waals surface area contributed by atoms with E-state index in [9.17, 15) is 9.90 Å². The number of benzene rings is 1. The van der Waals surface area contributed by atoms with Gasteiger partial charge in [0.25, 0.3) is 0 Å². The minimum absolute atomic E-state index is 0.0965. The summed E-state index contributed by atoms with van der Waals surface area (Å²) < 4.78 is 0. The van der Waals surface area contributed by atoms with Gasteiger partial charge < -0.3 is 5.11 Å². The van der Waals surface area contributed by atoms with Crippen LogP contribution in [0, 0.1) is 6.92 Å². The van der Waals surface area contributed by atoms with Gasteiger partial charge >= 0.3 is 0 Å². The summed E-state index contributed by atoms with van der Waals surface area (Å²) >= 11 is 0. The zero-order chi connectivity index (χ0) is 18.6. The smallest absolute Gasteiger partial charge is 0.191 e. The fourth-order valence-corrected chi connectivity index (χ4v) is 4.71. The highest BCUT2D eigenvalue weighted by Crippen LogP contribution is 2.41. The summed E-state index contributed by atoms with van der Waals surface area (Å²) in [5, 5.41) is 9.33. The van der Waals surface area contributed by atoms with Gasteiger partial charge in [-0.3, -0.25) is 9.78 Å². The van der Waals surface area contributed by atoms with Crippen LogP contribution in [0.3, 0.4) is 0 Å². The Morgan fingerprint density at radius 3 is 2.58 bits per heavy atom. The second-order valence-electron chi connectivity index (χ2n) is 7.54. The number of hydrogen-bond donors (Lipinski definition) is 1. The van der Waals surface area contributed by atoms with Gasteiger partial charge in [0, 0.05) is 11.4 Å². The van der Waals surface area contributed by atoms with E-state index in [0.29, 0.717) is 11.6 Å². The average molecular weight is 369 g/mol. The fourth-order valence-electron chi connectivity index (χ4n) is 4.16. The normalized spacial score (nSPS) is 23.9. The molecule has 1 aliphatic carbocycles. The van der Waals surface area contributed by atoms with Crippen LogP contribution in [0.5, 0.6) is 0 Å². The molecular formula is C22H28NO2P. The Morgan fingerprint density at radius 1 is 1.23 bits per heavy atom. The average Bonchev–Trinajstić information content (AvgIpc) is 2.65. The first-order chi connectivity index (χ1) is 12.5. The largest absolute Gasteiger partial charge is 0.392 e. The minimum atomic E-state index is -0.396. The molecule has 3 nitrogen and oxygen atoms in total. The van der Waals surface area contributed by atoms with Crippen LogP contribution in [0.15, 0.2) is 42.6 Å². The summed E-state index contributed by atoms with van der Waals surface area (Å²) in [5.41, 5.74) is 4.09. The fraction of sp³-hybridized carbons (Fsp3) is 0.455. The zero-order valence-electron chi connectivity index (χ0n) is 15.4. The molecule has 1 unspecified atom stereocenters. The summed E-state index contributed by atoms with van der Waals surface area (Å²) in [6, 6.07) is 11.9. The van der Waals surface area contributed by atoms with Gasteiger partial charge in [-0.25, -0.2) is 0 Å². The van der Waals surface area contributed by atoms with Crippen molar-refractivity contribution in [2.75, 3.05) is 0 Å². The molecule has 0 bridgehead atoms. The highest BCUT2D eigenvalue weighted by atomic mass is 31.0. The van der Waals surface area contributed by atoms with Crippen molar-refractivity contribution in [3.05, 3.63) is 65.0 Å². The Morgan fingerprint density at radius 2 is 1.96 bits per heavy atom. The number of carbonyl (C=O) groups is 1. The van der Waals surface area contributed by atoms with Gasteiger partial charge in [-0.2, -0.15) is 0 Å². The van der Waals surface area contributed by atoms with E-state index in [2.05, 4.69) is 39.3 Å². The lowest BCUT2D eigenvalue weighted by atomic mass is 9.79. The number of carbonyl (C=O) groups excluding carboxylic acids is 1. The predicted octanol–water partition coefficient (Wildman–Crippen LogP) is 4.82. The Kier molecular flexibility index (Phi) is 6.21. The van der Waals surface area contributed by atoms with E-state index in [-0.39, 0.29) is 12.4 Å². The van der Waals surface area contributed by atoms with Gasteiger partial charge in [0.2, 0.25) is 0 Å². The van der Waals surface area contributed by atoms with Crippen LogP contribution in [-0.2, 0) is 6.61 Å². The maximum absolute atomic E-state index is 13.0. The van der Waals surface area contributed by atoms with Gasteiger partial charge in [0.1, 0.15) is 5.69 Å². The van der Waals surface area contributed by atoms with Crippen molar-refractivity contribution in [3.63, 3.8) is 0 Å². The molecule has 1 aliphatic rings. The van der Waals surface area contributed by atoms with Crippen molar-refractivity contribution < 1.29 is 9.90 Å². The minimum Gasteiger partial charge on any atom is -0.392 e. The van der Waals surface area contributed by atoms with Gasteiger partial charge in [0.15, 0.2) is 5.78 Å². The molecule has 0 radical (unpaired) electrons. The number of nitrogens with zero attached hydrogens (tertiary/aromatic N) is 1. The van der Waals surface area contributed by atoms with E-state index in [1.165, 1.54) is 11.1 Å². The van der Waals surface area contributed by atoms with E-state index in [1.807, 2.05) is 18.2 Å². The molecule has 1 fully saturated rings. The van der Waals surface area contributed by atoms with E-state index in [0.717, 1.165) is 44.1 Å². The number of ketones is 1. The van der Waals surface area contributed by atoms with E-state index < -0.39 is 5.16 Å². The molecule has 1 heterocycles. The van der Waals surface area contributed by atoms with E-state index in [1.54, 1.807) is 6.20 Å². The van der Waals surface area contributed by atoms with Gasteiger partial charge in [0.05, 0.1) is 6.61 Å². The van der Waals surface area contributed by atoms with Gasteiger partial charge in [-0.05, 0) is 61.8 Å². The topological polar surface area (TPSA) is 50.2 Å². The van der Waals surface area contributed by atoms with Crippen molar-refractivity contribution in [2.24, 2.45) is 0 Å². The Balaban J connectivity index is 1.72. The molecule has 3 rings (SSSR count). The van der Waals surface area contributed by atoms with Crippen LogP contribution >= 0.6 is 9.24 Å². The van der Waals surface area contributed by atoms with Gasteiger partial charge in [-0.1, -0.05) is 42.7 Å². The molecule has 138 valence electrons. The number of aliphatic hydroxyl groups excluding tert-OH is 1. The second-order valence-corrected chi connectivity index (χ2v) is 8.65. The Bertz CT molecular complexity index is 750. The first kappa shape index (κ1) is 19.2. The molecule has 0 spiro atoms. The lowest BCUT2D eigenvalue weighted by molar-refractivity contribution is 0.0918. The molecule has 2 aromatic rings. The molecule has 26 heavy (non-hydrogen) atoms. The quantitative estimate of drug-likeness (QED) is 0.621. The lowest BCUT2D eigenvalue weighted by Gasteiger charge is -2.32. The molecule has 1 aromatic carbocycles. The summed E-state index contributed by atoms with van der Waals surface area (Å²) in [7, 11) is 2.84. The summed E-state index contributed by atoms with van der Waals surface area (Å²) in [6.07, 6.45) is 7.54. The standard InChI is InChI=1S/C22H28NO2P/c1-16-9-10-19(18(14-16)15-24)17-6-4-11-22(26,12-5-7-17)21(25)20-8-2-3-13-23-20/h2-3,8-10,13-14,17,24H,4-7,11-12,15,26H2,1H3. The number of hydrogen-bond acceptors (Lipinski definition) is 3. The third-order valence-electron chi connectivity index (χ3n) is 5.61. The van der Waals surface area contributed by atoms with E-state index >= 15 is 0 Å². The molecule has 1 aromatic heterocycles. The highest BCUT2D eigenvalue weighted by Gasteiger charge is 2.35. The van der Waals surface area contributed by atoms with E-state index in [4.69, 9.17) is 0 Å². The monoisotopic (exact) mass is 369 g/mol. The van der Waals surface area contributed by atoms with Gasteiger partial charge in [-0.15, -0.1) is 9.24 Å². The number of aromatic nitrogens is 1. The highest BCUT2D eigenvalue weighted by molar-refractivity contribution is 7.21. The predicted molar refractivity (Wildman–Crippen MR) is 109 cm³/mol. The molecule has 1 atom stereocenters. The molecule has 4 heteroatoms. The van der Waals surface area contributed by atoms with Crippen molar-refractivity contribution in [2.45, 2.75) is 63.1 Å². The molecule has 1 N–H and O–H groups in total. The van der Waals surface area contributed by atoms with Crippen LogP contribution in [0.25, 0.3) is 0 Å². The zero-order valence-corrected chi connectivity index (χ0v) is 16.6. The summed E-state index contributed by atoms with van der Waals surface area (Å²) in [6.45, 7) is 2.16. The number of Topliss-reactive ketones (excluding diaryl/α,β-unsaturated/α-hetero) is 1. The third kappa shape index (κ3) is 4.22. The molecule has 0 aliphatic heterocycles. The van der Waals surface area contributed by atoms with Crippen LogP contribution in [0.1, 0.15) is 71.6 Å². The van der Waals surface area contributed by atoms with Crippen molar-refractivity contribution in [3.8, 4) is 0 Å². The van der Waals surface area contributed by atoms with Crippen molar-refractivity contribution >= 4 is 15.0 Å². The van der Waals surface area contributed by atoms with Crippen LogP contribution in [0.4, 0.5) is 0 Å². The number of pyridine rings is 1. The summed E-state index contributed by atoms with van der Waals surface area (Å²) in [4.78, 5) is 17.2. The van der Waals surface area contributed by atoms with Crippen molar-refractivity contribution in [1.82, 2.24) is 4.98 Å².